The van der Waals surface area contributed by atoms with E-state index in [9.17, 15) is 45.6 Å². The Morgan fingerprint density at radius 2 is 1.14 bits per heavy atom. The highest BCUT2D eigenvalue weighted by atomic mass is 16.5. The van der Waals surface area contributed by atoms with Gasteiger partial charge < -0.3 is 55.2 Å². The van der Waals surface area contributed by atoms with Crippen molar-refractivity contribution in [3.05, 3.63) is 58.7 Å². The average Bonchev–Trinajstić information content (AvgIpc) is 3.36. The SMILES string of the molecule is CC(C)(C)C(=O)N1CCC2(CC1)c1cc(C#C[C@H]3O[C@H](CO)[C@@H](O)[C@H](O)[C@@H]3O)ccc1-c1ccc(C#C[C@H]3O[C@H](CO)[C@@H](O)[C@H](O)[C@@H]3O)cc12. The lowest BCUT2D eigenvalue weighted by Crippen LogP contribution is -2.58. The second-order valence-corrected chi connectivity index (χ2v) is 14.7. The Morgan fingerprint density at radius 1 is 0.720 bits per heavy atom. The largest absolute Gasteiger partial charge is 0.394 e. The van der Waals surface area contributed by atoms with Crippen LogP contribution in [-0.4, -0.2) is 139 Å². The number of aliphatic hydroxyl groups excluding tert-OH is 8. The van der Waals surface area contributed by atoms with Crippen LogP contribution in [0.15, 0.2) is 36.4 Å². The molecule has 12 heteroatoms. The smallest absolute Gasteiger partial charge is 0.227 e. The van der Waals surface area contributed by atoms with E-state index in [0.717, 1.165) is 22.3 Å². The number of benzene rings is 2. The summed E-state index contributed by atoms with van der Waals surface area (Å²) in [6, 6.07) is 11.6. The van der Waals surface area contributed by atoms with Crippen molar-refractivity contribution >= 4 is 5.91 Å². The Morgan fingerprint density at radius 3 is 1.52 bits per heavy atom. The molecule has 3 heterocycles. The Hall–Kier alpha value is -3.37. The summed E-state index contributed by atoms with van der Waals surface area (Å²) < 4.78 is 11.2. The molecule has 0 bridgehead atoms. The zero-order valence-electron chi connectivity index (χ0n) is 28.2. The van der Waals surface area contributed by atoms with Gasteiger partial charge >= 0.3 is 0 Å². The number of piperidine rings is 1. The molecule has 2 aromatic carbocycles. The van der Waals surface area contributed by atoms with Gasteiger partial charge in [0, 0.05) is 35.0 Å². The summed E-state index contributed by atoms with van der Waals surface area (Å²) in [5.74, 6) is 11.9. The molecular weight excluding hydrogens is 646 g/mol. The molecule has 2 aromatic rings. The number of fused-ring (bicyclic) bond motifs is 5. The molecule has 0 unspecified atom stereocenters. The standard InChI is InChI=1S/C38H45NO11/c1-37(2,3)36(48)39-14-12-38(13-15-39)24-16-20(6-10-26-30(42)34(46)32(44)28(18-40)49-26)4-8-22(24)23-9-5-21(17-25(23)38)7-11-27-31(43)35(47)33(45)29(19-41)50-27/h4-5,8-9,16-17,26-35,40-47H,12-15,18-19H2,1-3H3/t26-,27-,28-,29-,30-,31-,32-,33-,34-,35-/m1/s1. The lowest BCUT2D eigenvalue weighted by Gasteiger charge is -2.42. The van der Waals surface area contributed by atoms with Gasteiger partial charge in [-0.15, -0.1) is 0 Å². The molecule has 12 nitrogen and oxygen atoms in total. The molecule has 268 valence electrons. The lowest BCUT2D eigenvalue weighted by molar-refractivity contribution is -0.214. The van der Waals surface area contributed by atoms with Crippen LogP contribution in [0, 0.1) is 29.1 Å². The molecule has 6 rings (SSSR count). The van der Waals surface area contributed by atoms with E-state index < -0.39 is 85.1 Å². The van der Waals surface area contributed by atoms with Crippen molar-refractivity contribution in [2.75, 3.05) is 26.3 Å². The van der Waals surface area contributed by atoms with Crippen LogP contribution in [0.5, 0.6) is 0 Å². The maximum absolute atomic E-state index is 13.2. The highest BCUT2D eigenvalue weighted by molar-refractivity contribution is 5.84. The van der Waals surface area contributed by atoms with Crippen molar-refractivity contribution in [1.29, 1.82) is 0 Å². The molecule has 10 atom stereocenters. The summed E-state index contributed by atoms with van der Waals surface area (Å²) in [6.45, 7) is 5.66. The van der Waals surface area contributed by atoms with Gasteiger partial charge in [0.1, 0.15) is 61.0 Å². The summed E-state index contributed by atoms with van der Waals surface area (Å²) in [7, 11) is 0. The summed E-state index contributed by atoms with van der Waals surface area (Å²) in [5.41, 5.74) is 4.28. The monoisotopic (exact) mass is 691 g/mol. The minimum atomic E-state index is -1.53. The predicted octanol–water partition coefficient (Wildman–Crippen LogP) is -0.991. The van der Waals surface area contributed by atoms with Crippen LogP contribution in [0.2, 0.25) is 0 Å². The highest BCUT2D eigenvalue weighted by Gasteiger charge is 2.47. The molecule has 4 aliphatic rings. The number of amides is 1. The van der Waals surface area contributed by atoms with E-state index in [4.69, 9.17) is 9.47 Å². The van der Waals surface area contributed by atoms with Gasteiger partial charge in [0.25, 0.3) is 0 Å². The summed E-state index contributed by atoms with van der Waals surface area (Å²) in [5, 5.41) is 80.8. The maximum Gasteiger partial charge on any atom is 0.227 e. The third kappa shape index (κ3) is 6.47. The minimum Gasteiger partial charge on any atom is -0.394 e. The zero-order chi connectivity index (χ0) is 36.1. The number of ether oxygens (including phenoxy) is 2. The number of carbonyl (C=O) groups excluding carboxylic acids is 1. The zero-order valence-corrected chi connectivity index (χ0v) is 28.2. The topological polar surface area (TPSA) is 201 Å². The highest BCUT2D eigenvalue weighted by Crippen LogP contribution is 2.54. The van der Waals surface area contributed by atoms with Gasteiger partial charge in [0.15, 0.2) is 0 Å². The number of rotatable bonds is 2. The molecule has 0 aromatic heterocycles. The van der Waals surface area contributed by atoms with Gasteiger partial charge in [-0.3, -0.25) is 4.79 Å². The summed E-state index contributed by atoms with van der Waals surface area (Å²) >= 11 is 0. The Bertz CT molecular complexity index is 1610. The van der Waals surface area contributed by atoms with E-state index >= 15 is 0 Å². The molecule has 3 aliphatic heterocycles. The lowest BCUT2D eigenvalue weighted by atomic mass is 9.70. The summed E-state index contributed by atoms with van der Waals surface area (Å²) in [6.07, 6.45) is -12.1. The molecule has 8 N–H and O–H groups in total. The van der Waals surface area contributed by atoms with Crippen molar-refractivity contribution in [3.63, 3.8) is 0 Å². The maximum atomic E-state index is 13.2. The minimum absolute atomic E-state index is 0.0732. The fourth-order valence-electron chi connectivity index (χ4n) is 7.51. The quantitative estimate of drug-likeness (QED) is 0.180. The van der Waals surface area contributed by atoms with E-state index in [1.54, 1.807) is 0 Å². The van der Waals surface area contributed by atoms with Crippen LogP contribution in [-0.2, 0) is 19.7 Å². The number of hydrogen-bond donors (Lipinski definition) is 8. The third-order valence-electron chi connectivity index (χ3n) is 10.4. The number of nitrogens with zero attached hydrogens (tertiary/aromatic N) is 1. The van der Waals surface area contributed by atoms with Crippen molar-refractivity contribution in [2.45, 2.75) is 100 Å². The van der Waals surface area contributed by atoms with Crippen LogP contribution in [0.4, 0.5) is 0 Å². The average molecular weight is 692 g/mol. The molecule has 1 amide bonds. The first kappa shape index (κ1) is 36.4. The molecule has 0 saturated carbocycles. The first-order valence-electron chi connectivity index (χ1n) is 16.9. The molecular formula is C38H45NO11. The third-order valence-corrected chi connectivity index (χ3v) is 10.4. The van der Waals surface area contributed by atoms with Crippen LogP contribution in [0.25, 0.3) is 11.1 Å². The first-order valence-corrected chi connectivity index (χ1v) is 16.9. The van der Waals surface area contributed by atoms with Gasteiger partial charge in [-0.25, -0.2) is 0 Å². The first-order chi connectivity index (χ1) is 23.7. The molecule has 3 saturated heterocycles. The fraction of sp³-hybridized carbons (Fsp3) is 0.553. The Balaban J connectivity index is 1.35. The second-order valence-electron chi connectivity index (χ2n) is 14.7. The van der Waals surface area contributed by atoms with E-state index in [-0.39, 0.29) is 5.91 Å². The molecule has 0 radical (unpaired) electrons. The van der Waals surface area contributed by atoms with E-state index in [0.29, 0.717) is 37.1 Å². The van der Waals surface area contributed by atoms with Crippen molar-refractivity contribution in [3.8, 4) is 34.8 Å². The Kier molecular flexibility index (Phi) is 10.2. The molecule has 3 fully saturated rings. The number of likely N-dealkylation sites (tertiary alicyclic amines) is 1. The number of aliphatic hydroxyl groups is 8. The normalized spacial score (nSPS) is 33.1. The molecule has 1 spiro atoms. The van der Waals surface area contributed by atoms with Crippen LogP contribution < -0.4 is 0 Å². The van der Waals surface area contributed by atoms with E-state index in [1.807, 2.05) is 62.1 Å². The number of carbonyl (C=O) groups is 1. The fourth-order valence-corrected chi connectivity index (χ4v) is 7.51. The van der Waals surface area contributed by atoms with E-state index in [1.165, 1.54) is 0 Å². The Labute approximate surface area is 290 Å². The predicted molar refractivity (Wildman–Crippen MR) is 179 cm³/mol. The van der Waals surface area contributed by atoms with Crippen molar-refractivity contribution in [2.24, 2.45) is 5.41 Å². The molecule has 50 heavy (non-hydrogen) atoms. The van der Waals surface area contributed by atoms with Crippen LogP contribution >= 0.6 is 0 Å². The van der Waals surface area contributed by atoms with Gasteiger partial charge in [-0.1, -0.05) is 56.6 Å². The van der Waals surface area contributed by atoms with Crippen molar-refractivity contribution in [1.82, 2.24) is 4.90 Å². The summed E-state index contributed by atoms with van der Waals surface area (Å²) in [4.78, 5) is 15.1. The van der Waals surface area contributed by atoms with Crippen LogP contribution in [0.3, 0.4) is 0 Å². The van der Waals surface area contributed by atoms with Crippen molar-refractivity contribution < 1.29 is 55.1 Å². The van der Waals surface area contributed by atoms with Gasteiger partial charge in [-0.05, 0) is 59.4 Å². The van der Waals surface area contributed by atoms with E-state index in [2.05, 4.69) is 23.7 Å². The van der Waals surface area contributed by atoms with Gasteiger partial charge in [-0.2, -0.15) is 0 Å². The van der Waals surface area contributed by atoms with Gasteiger partial charge in [0.2, 0.25) is 5.91 Å². The number of hydrogen-bond acceptors (Lipinski definition) is 11. The van der Waals surface area contributed by atoms with Gasteiger partial charge in [0.05, 0.1) is 13.2 Å². The second kappa shape index (κ2) is 14.0. The molecule has 1 aliphatic carbocycles. The van der Waals surface area contributed by atoms with Crippen LogP contribution in [0.1, 0.15) is 55.9 Å².